The van der Waals surface area contributed by atoms with Gasteiger partial charge in [0.05, 0.1) is 5.92 Å². The standard InChI is InChI=1S/C31H31N3O3/c32-30(36)27-11-7-10-25(28(29(35)31(33)37)20-23-8-3-1-4-9-23)26(27)17-16-22-12-14-24(15-13-22)21-34-18-5-2-6-19-34/h1-5,7-17,28H,6,18-21H2,(H2,32,36)(H2,33,37)/b17-16+. The monoisotopic (exact) mass is 493 g/mol. The van der Waals surface area contributed by atoms with Crippen molar-refractivity contribution in [2.75, 3.05) is 13.1 Å². The highest BCUT2D eigenvalue weighted by molar-refractivity contribution is 6.37. The average molecular weight is 494 g/mol. The smallest absolute Gasteiger partial charge is 0.285 e. The quantitative estimate of drug-likeness (QED) is 0.252. The van der Waals surface area contributed by atoms with Crippen molar-refractivity contribution in [2.45, 2.75) is 25.3 Å². The summed E-state index contributed by atoms with van der Waals surface area (Å²) in [6.45, 7) is 2.90. The Balaban J connectivity index is 1.65. The molecule has 1 atom stereocenters. The number of nitrogens with zero attached hydrogens (tertiary/aromatic N) is 1. The molecule has 0 saturated heterocycles. The molecule has 0 saturated carbocycles. The first-order valence-corrected chi connectivity index (χ1v) is 12.4. The highest BCUT2D eigenvalue weighted by Gasteiger charge is 2.28. The molecule has 6 nitrogen and oxygen atoms in total. The van der Waals surface area contributed by atoms with E-state index in [1.165, 1.54) is 5.56 Å². The number of hydrogen-bond donors (Lipinski definition) is 2. The van der Waals surface area contributed by atoms with Crippen LogP contribution in [0.4, 0.5) is 0 Å². The summed E-state index contributed by atoms with van der Waals surface area (Å²) in [6, 6.07) is 22.7. The molecule has 6 heteroatoms. The van der Waals surface area contributed by atoms with Crippen LogP contribution in [0, 0.1) is 0 Å². The van der Waals surface area contributed by atoms with Gasteiger partial charge < -0.3 is 11.5 Å². The maximum atomic E-state index is 12.9. The SMILES string of the molecule is NC(=O)C(=O)C(Cc1ccccc1)c1cccc(C(N)=O)c1/C=C/c1ccc(CN2CC=CCC2)cc1. The molecule has 3 aromatic carbocycles. The van der Waals surface area contributed by atoms with Gasteiger partial charge in [-0.15, -0.1) is 0 Å². The summed E-state index contributed by atoms with van der Waals surface area (Å²) in [5.41, 5.74) is 15.5. The fourth-order valence-electron chi connectivity index (χ4n) is 4.66. The average Bonchev–Trinajstić information content (AvgIpc) is 2.92. The molecule has 4 N–H and O–H groups in total. The van der Waals surface area contributed by atoms with E-state index in [-0.39, 0.29) is 12.0 Å². The van der Waals surface area contributed by atoms with Crippen molar-refractivity contribution in [1.29, 1.82) is 0 Å². The van der Waals surface area contributed by atoms with Gasteiger partial charge in [0.15, 0.2) is 0 Å². The fraction of sp³-hybridized carbons (Fsp3) is 0.194. The van der Waals surface area contributed by atoms with Gasteiger partial charge in [0.25, 0.3) is 5.91 Å². The van der Waals surface area contributed by atoms with Crippen molar-refractivity contribution < 1.29 is 14.4 Å². The van der Waals surface area contributed by atoms with E-state index in [0.717, 1.165) is 37.2 Å². The van der Waals surface area contributed by atoms with Crippen molar-refractivity contribution in [3.8, 4) is 0 Å². The Morgan fingerprint density at radius 2 is 1.59 bits per heavy atom. The zero-order valence-corrected chi connectivity index (χ0v) is 20.7. The molecule has 2 amide bonds. The number of rotatable bonds is 10. The van der Waals surface area contributed by atoms with Crippen molar-refractivity contribution in [1.82, 2.24) is 4.90 Å². The Hall–Kier alpha value is -4.29. The van der Waals surface area contributed by atoms with Crippen LogP contribution in [0.15, 0.2) is 84.9 Å². The van der Waals surface area contributed by atoms with Crippen molar-refractivity contribution in [2.24, 2.45) is 11.5 Å². The molecular formula is C31H31N3O3. The molecule has 4 rings (SSSR count). The van der Waals surface area contributed by atoms with Crippen LogP contribution in [-0.2, 0) is 22.6 Å². The first kappa shape index (κ1) is 25.8. The van der Waals surface area contributed by atoms with E-state index < -0.39 is 23.5 Å². The maximum absolute atomic E-state index is 12.9. The van der Waals surface area contributed by atoms with Crippen LogP contribution in [0.2, 0.25) is 0 Å². The van der Waals surface area contributed by atoms with E-state index >= 15 is 0 Å². The molecule has 1 heterocycles. The normalized spacial score (nSPS) is 14.5. The van der Waals surface area contributed by atoms with E-state index in [1.807, 2.05) is 48.5 Å². The van der Waals surface area contributed by atoms with E-state index in [4.69, 9.17) is 11.5 Å². The molecule has 0 aromatic heterocycles. The number of Topliss-reactive ketones (excluding diaryl/α,β-unsaturated/α-hetero) is 1. The molecule has 0 bridgehead atoms. The number of primary amides is 2. The third-order valence-electron chi connectivity index (χ3n) is 6.59. The maximum Gasteiger partial charge on any atom is 0.285 e. The number of hydrogen-bond acceptors (Lipinski definition) is 4. The van der Waals surface area contributed by atoms with Gasteiger partial charge in [-0.05, 0) is 46.7 Å². The first-order valence-electron chi connectivity index (χ1n) is 12.4. The van der Waals surface area contributed by atoms with Crippen molar-refractivity contribution >= 4 is 29.7 Å². The summed E-state index contributed by atoms with van der Waals surface area (Å²) in [7, 11) is 0. The number of nitrogens with two attached hydrogens (primary N) is 2. The highest BCUT2D eigenvalue weighted by atomic mass is 16.2. The second-order valence-corrected chi connectivity index (χ2v) is 9.21. The van der Waals surface area contributed by atoms with Crippen LogP contribution in [-0.4, -0.2) is 35.6 Å². The molecule has 1 aliphatic heterocycles. The lowest BCUT2D eigenvalue weighted by atomic mass is 9.83. The van der Waals surface area contributed by atoms with Crippen LogP contribution in [0.5, 0.6) is 0 Å². The fourth-order valence-corrected chi connectivity index (χ4v) is 4.66. The second kappa shape index (κ2) is 12.1. The molecule has 37 heavy (non-hydrogen) atoms. The summed E-state index contributed by atoms with van der Waals surface area (Å²) in [4.78, 5) is 39.6. The summed E-state index contributed by atoms with van der Waals surface area (Å²) in [5.74, 6) is -3.19. The van der Waals surface area contributed by atoms with Crippen LogP contribution < -0.4 is 11.5 Å². The highest BCUT2D eigenvalue weighted by Crippen LogP contribution is 2.29. The Morgan fingerprint density at radius 1 is 0.838 bits per heavy atom. The van der Waals surface area contributed by atoms with Gasteiger partial charge in [0.1, 0.15) is 0 Å². The molecule has 1 aliphatic rings. The van der Waals surface area contributed by atoms with E-state index in [2.05, 4.69) is 29.2 Å². The number of benzene rings is 3. The third-order valence-corrected chi connectivity index (χ3v) is 6.59. The van der Waals surface area contributed by atoms with Crippen LogP contribution >= 0.6 is 0 Å². The molecule has 188 valence electrons. The van der Waals surface area contributed by atoms with Crippen LogP contribution in [0.25, 0.3) is 12.2 Å². The van der Waals surface area contributed by atoms with Gasteiger partial charge in [-0.1, -0.05) is 91.0 Å². The third kappa shape index (κ3) is 6.68. The van der Waals surface area contributed by atoms with Crippen LogP contribution in [0.1, 0.15) is 50.5 Å². The molecule has 0 aliphatic carbocycles. The molecule has 0 radical (unpaired) electrons. The largest absolute Gasteiger partial charge is 0.366 e. The summed E-state index contributed by atoms with van der Waals surface area (Å²) in [6.07, 6.45) is 9.42. The predicted molar refractivity (Wildman–Crippen MR) is 146 cm³/mol. The zero-order valence-electron chi connectivity index (χ0n) is 20.7. The van der Waals surface area contributed by atoms with E-state index in [0.29, 0.717) is 11.1 Å². The molecule has 0 fully saturated rings. The topological polar surface area (TPSA) is 106 Å². The Labute approximate surface area is 217 Å². The van der Waals surface area contributed by atoms with Gasteiger partial charge in [0, 0.05) is 25.2 Å². The van der Waals surface area contributed by atoms with Crippen molar-refractivity contribution in [3.63, 3.8) is 0 Å². The van der Waals surface area contributed by atoms with E-state index in [9.17, 15) is 14.4 Å². The van der Waals surface area contributed by atoms with Gasteiger partial charge in [-0.2, -0.15) is 0 Å². The zero-order chi connectivity index (χ0) is 26.2. The predicted octanol–water partition coefficient (Wildman–Crippen LogP) is 4.10. The van der Waals surface area contributed by atoms with Crippen LogP contribution in [0.3, 0.4) is 0 Å². The summed E-state index contributed by atoms with van der Waals surface area (Å²) < 4.78 is 0. The van der Waals surface area contributed by atoms with Gasteiger partial charge in [0.2, 0.25) is 11.7 Å². The number of ketones is 1. The van der Waals surface area contributed by atoms with Gasteiger partial charge in [-0.25, -0.2) is 0 Å². The Kier molecular flexibility index (Phi) is 8.44. The first-order chi connectivity index (χ1) is 17.9. The molecule has 1 unspecified atom stereocenters. The second-order valence-electron chi connectivity index (χ2n) is 9.21. The number of amides is 2. The number of carbonyl (C=O) groups excluding carboxylic acids is 3. The number of carbonyl (C=O) groups is 3. The molecule has 0 spiro atoms. The Morgan fingerprint density at radius 3 is 2.24 bits per heavy atom. The van der Waals surface area contributed by atoms with Gasteiger partial charge >= 0.3 is 0 Å². The minimum Gasteiger partial charge on any atom is -0.366 e. The lowest BCUT2D eigenvalue weighted by Crippen LogP contribution is -2.30. The molecule has 3 aromatic rings. The minimum absolute atomic E-state index is 0.270. The summed E-state index contributed by atoms with van der Waals surface area (Å²) in [5, 5.41) is 0. The Bertz CT molecular complexity index is 1330. The van der Waals surface area contributed by atoms with Crippen molar-refractivity contribution in [3.05, 3.63) is 118 Å². The van der Waals surface area contributed by atoms with Gasteiger partial charge in [-0.3, -0.25) is 19.3 Å². The summed E-state index contributed by atoms with van der Waals surface area (Å²) >= 11 is 0. The lowest BCUT2D eigenvalue weighted by molar-refractivity contribution is -0.136. The lowest BCUT2D eigenvalue weighted by Gasteiger charge is -2.22. The minimum atomic E-state index is -1.01. The molecular weight excluding hydrogens is 462 g/mol. The van der Waals surface area contributed by atoms with E-state index in [1.54, 1.807) is 24.3 Å².